The molecule has 0 aliphatic rings. The summed E-state index contributed by atoms with van der Waals surface area (Å²) >= 11 is 0. The van der Waals surface area contributed by atoms with Crippen LogP contribution in [0, 0.1) is 0 Å². The molecule has 18 heavy (non-hydrogen) atoms. The molecule has 1 aromatic heterocycles. The largest absolute Gasteiger partial charge is 0.479 e. The SMILES string of the molecule is O=C(O)CON=Cc1cnn(-c2ccccc2)n1. The number of para-hydroxylation sites is 1. The fourth-order valence-electron chi connectivity index (χ4n) is 1.20. The second kappa shape index (κ2) is 5.58. The van der Waals surface area contributed by atoms with Crippen LogP contribution in [0.4, 0.5) is 0 Å². The monoisotopic (exact) mass is 246 g/mol. The highest BCUT2D eigenvalue weighted by Gasteiger charge is 2.00. The highest BCUT2D eigenvalue weighted by molar-refractivity contribution is 5.75. The number of nitrogens with zero attached hydrogens (tertiary/aromatic N) is 4. The third kappa shape index (κ3) is 3.14. The molecule has 1 N–H and O–H groups in total. The molecule has 7 nitrogen and oxygen atoms in total. The van der Waals surface area contributed by atoms with Gasteiger partial charge >= 0.3 is 5.97 Å². The number of carboxylic acids is 1. The van der Waals surface area contributed by atoms with Gasteiger partial charge in [-0.15, -0.1) is 5.10 Å². The summed E-state index contributed by atoms with van der Waals surface area (Å²) in [6.45, 7) is -0.483. The molecule has 0 fully saturated rings. The van der Waals surface area contributed by atoms with Crippen LogP contribution in [0.5, 0.6) is 0 Å². The second-order valence-electron chi connectivity index (χ2n) is 3.30. The van der Waals surface area contributed by atoms with Crippen molar-refractivity contribution in [2.75, 3.05) is 6.61 Å². The van der Waals surface area contributed by atoms with Crippen LogP contribution in [0.1, 0.15) is 5.69 Å². The lowest BCUT2D eigenvalue weighted by atomic mass is 10.3. The fourth-order valence-corrected chi connectivity index (χ4v) is 1.20. The summed E-state index contributed by atoms with van der Waals surface area (Å²) in [7, 11) is 0. The van der Waals surface area contributed by atoms with Crippen molar-refractivity contribution in [1.29, 1.82) is 0 Å². The first kappa shape index (κ1) is 11.8. The van der Waals surface area contributed by atoms with Gasteiger partial charge in [0.15, 0.2) is 0 Å². The molecule has 92 valence electrons. The van der Waals surface area contributed by atoms with Crippen molar-refractivity contribution in [2.24, 2.45) is 5.16 Å². The summed E-state index contributed by atoms with van der Waals surface area (Å²) in [6.07, 6.45) is 2.80. The average Bonchev–Trinajstić information content (AvgIpc) is 2.84. The predicted octanol–water partition coefficient (Wildman–Crippen LogP) is 0.702. The van der Waals surface area contributed by atoms with Gasteiger partial charge in [0.1, 0.15) is 5.69 Å². The molecule has 1 heterocycles. The van der Waals surface area contributed by atoms with E-state index in [9.17, 15) is 4.79 Å². The Morgan fingerprint density at radius 1 is 1.44 bits per heavy atom. The van der Waals surface area contributed by atoms with E-state index in [0.717, 1.165) is 5.69 Å². The quantitative estimate of drug-likeness (QED) is 0.619. The van der Waals surface area contributed by atoms with E-state index in [1.54, 1.807) is 0 Å². The Morgan fingerprint density at radius 3 is 2.94 bits per heavy atom. The van der Waals surface area contributed by atoms with Crippen molar-refractivity contribution in [2.45, 2.75) is 0 Å². The van der Waals surface area contributed by atoms with Gasteiger partial charge in [-0.25, -0.2) is 4.79 Å². The predicted molar refractivity (Wildman–Crippen MR) is 62.5 cm³/mol. The van der Waals surface area contributed by atoms with Crippen LogP contribution in [0.2, 0.25) is 0 Å². The summed E-state index contributed by atoms with van der Waals surface area (Å²) < 4.78 is 0. The molecule has 0 radical (unpaired) electrons. The molecular weight excluding hydrogens is 236 g/mol. The Morgan fingerprint density at radius 2 is 2.22 bits per heavy atom. The molecule has 0 aliphatic carbocycles. The van der Waals surface area contributed by atoms with E-state index in [-0.39, 0.29) is 0 Å². The van der Waals surface area contributed by atoms with Gasteiger partial charge in [-0.05, 0) is 12.1 Å². The Hall–Kier alpha value is -2.70. The van der Waals surface area contributed by atoms with Crippen molar-refractivity contribution >= 4 is 12.2 Å². The van der Waals surface area contributed by atoms with Gasteiger partial charge in [0, 0.05) is 0 Å². The summed E-state index contributed by atoms with van der Waals surface area (Å²) in [6, 6.07) is 9.38. The zero-order chi connectivity index (χ0) is 12.8. The molecular formula is C11H10N4O3. The normalized spacial score (nSPS) is 10.7. The number of hydrogen-bond donors (Lipinski definition) is 1. The molecule has 0 bridgehead atoms. The Labute approximate surface area is 102 Å². The zero-order valence-corrected chi connectivity index (χ0v) is 9.30. The van der Waals surface area contributed by atoms with Crippen molar-refractivity contribution in [3.63, 3.8) is 0 Å². The molecule has 2 aromatic rings. The number of oxime groups is 1. The molecule has 0 saturated heterocycles. The molecule has 7 heteroatoms. The average molecular weight is 246 g/mol. The first-order valence-electron chi connectivity index (χ1n) is 5.10. The molecule has 0 spiro atoms. The summed E-state index contributed by atoms with van der Waals surface area (Å²) in [4.78, 5) is 16.1. The third-order valence-corrected chi connectivity index (χ3v) is 1.94. The van der Waals surface area contributed by atoms with Gasteiger partial charge in [0.25, 0.3) is 0 Å². The Kier molecular flexibility index (Phi) is 3.65. The number of carbonyl (C=O) groups is 1. The maximum atomic E-state index is 10.2. The lowest BCUT2D eigenvalue weighted by Gasteiger charge is -1.96. The topological polar surface area (TPSA) is 89.6 Å². The lowest BCUT2D eigenvalue weighted by molar-refractivity contribution is -0.142. The van der Waals surface area contributed by atoms with E-state index in [1.165, 1.54) is 17.2 Å². The van der Waals surface area contributed by atoms with Crippen molar-refractivity contribution in [1.82, 2.24) is 15.0 Å². The van der Waals surface area contributed by atoms with E-state index in [0.29, 0.717) is 5.69 Å². The summed E-state index contributed by atoms with van der Waals surface area (Å²) in [5, 5.41) is 20.0. The number of aromatic nitrogens is 3. The van der Waals surface area contributed by atoms with E-state index in [4.69, 9.17) is 5.11 Å². The minimum atomic E-state index is -1.08. The standard InChI is InChI=1S/C11H10N4O3/c16-11(17)8-18-13-7-9-6-12-15(14-9)10-4-2-1-3-5-10/h1-7H,8H2,(H,16,17). The number of carboxylic acid groups (broad SMARTS) is 1. The minimum absolute atomic E-state index is 0.476. The van der Waals surface area contributed by atoms with E-state index >= 15 is 0 Å². The number of benzene rings is 1. The van der Waals surface area contributed by atoms with Crippen LogP contribution < -0.4 is 0 Å². The third-order valence-electron chi connectivity index (χ3n) is 1.94. The summed E-state index contributed by atoms with van der Waals surface area (Å²) in [5.41, 5.74) is 1.30. The highest BCUT2D eigenvalue weighted by Crippen LogP contribution is 2.03. The van der Waals surface area contributed by atoms with Crippen LogP contribution in [0.15, 0.2) is 41.7 Å². The van der Waals surface area contributed by atoms with E-state index < -0.39 is 12.6 Å². The summed E-state index contributed by atoms with van der Waals surface area (Å²) in [5.74, 6) is -1.08. The fraction of sp³-hybridized carbons (Fsp3) is 0.0909. The van der Waals surface area contributed by atoms with E-state index in [1.807, 2.05) is 30.3 Å². The molecule has 0 atom stereocenters. The van der Waals surface area contributed by atoms with Crippen molar-refractivity contribution in [3.05, 3.63) is 42.2 Å². The first-order chi connectivity index (χ1) is 8.75. The van der Waals surface area contributed by atoms with Gasteiger partial charge in [-0.1, -0.05) is 23.4 Å². The van der Waals surface area contributed by atoms with Gasteiger partial charge in [-0.3, -0.25) is 0 Å². The molecule has 2 rings (SSSR count). The smallest absolute Gasteiger partial charge is 0.344 e. The highest BCUT2D eigenvalue weighted by atomic mass is 16.6. The van der Waals surface area contributed by atoms with Crippen LogP contribution in [-0.2, 0) is 9.63 Å². The number of hydrogen-bond acceptors (Lipinski definition) is 5. The molecule has 0 saturated carbocycles. The van der Waals surface area contributed by atoms with Crippen LogP contribution in [-0.4, -0.2) is 38.9 Å². The second-order valence-corrected chi connectivity index (χ2v) is 3.30. The lowest BCUT2D eigenvalue weighted by Crippen LogP contribution is -2.03. The minimum Gasteiger partial charge on any atom is -0.479 e. The van der Waals surface area contributed by atoms with Gasteiger partial charge in [0.2, 0.25) is 6.61 Å². The molecule has 0 amide bonds. The molecule has 0 unspecified atom stereocenters. The van der Waals surface area contributed by atoms with Crippen LogP contribution >= 0.6 is 0 Å². The van der Waals surface area contributed by atoms with Crippen molar-refractivity contribution in [3.8, 4) is 5.69 Å². The van der Waals surface area contributed by atoms with Gasteiger partial charge in [0.05, 0.1) is 18.1 Å². The molecule has 1 aromatic carbocycles. The van der Waals surface area contributed by atoms with Crippen LogP contribution in [0.25, 0.3) is 5.69 Å². The first-order valence-corrected chi connectivity index (χ1v) is 5.10. The van der Waals surface area contributed by atoms with Crippen molar-refractivity contribution < 1.29 is 14.7 Å². The number of rotatable bonds is 5. The maximum absolute atomic E-state index is 10.2. The van der Waals surface area contributed by atoms with Crippen LogP contribution in [0.3, 0.4) is 0 Å². The number of aliphatic carboxylic acids is 1. The Balaban J connectivity index is 2.00. The Bertz CT molecular complexity index is 550. The van der Waals surface area contributed by atoms with E-state index in [2.05, 4.69) is 20.2 Å². The maximum Gasteiger partial charge on any atom is 0.344 e. The zero-order valence-electron chi connectivity index (χ0n) is 9.30. The van der Waals surface area contributed by atoms with Gasteiger partial charge in [-0.2, -0.15) is 9.90 Å². The van der Waals surface area contributed by atoms with Gasteiger partial charge < -0.3 is 9.94 Å². The molecule has 0 aliphatic heterocycles.